The number of methoxy groups -OCH3 is 2. The first-order valence-corrected chi connectivity index (χ1v) is 6.54. The van der Waals surface area contributed by atoms with E-state index in [0.29, 0.717) is 29.5 Å². The maximum atomic E-state index is 12.3. The van der Waals surface area contributed by atoms with Gasteiger partial charge in [0.05, 0.1) is 14.2 Å². The lowest BCUT2D eigenvalue weighted by atomic mass is 9.96. The van der Waals surface area contributed by atoms with E-state index in [0.717, 1.165) is 0 Å². The number of halogens is 1. The number of carbonyl (C=O) groups is 1. The molecule has 0 aliphatic rings. The Morgan fingerprint density at radius 1 is 1.26 bits per heavy atom. The van der Waals surface area contributed by atoms with Crippen LogP contribution in [0.1, 0.15) is 24.2 Å². The third-order valence-corrected chi connectivity index (χ3v) is 3.47. The van der Waals surface area contributed by atoms with E-state index in [1.165, 1.54) is 14.2 Å². The Labute approximate surface area is 119 Å². The van der Waals surface area contributed by atoms with Crippen LogP contribution in [0.15, 0.2) is 18.2 Å². The number of nitrogens with one attached hydrogen (secondary N) is 1. The smallest absolute Gasteiger partial charge is 0.258 e. The summed E-state index contributed by atoms with van der Waals surface area (Å²) in [5.74, 6) is 1.21. The minimum Gasteiger partial charge on any atom is -0.496 e. The molecule has 4 nitrogen and oxygen atoms in total. The van der Waals surface area contributed by atoms with E-state index in [1.54, 1.807) is 18.2 Å². The summed E-state index contributed by atoms with van der Waals surface area (Å²) >= 11 is 5.84. The second-order valence-corrected chi connectivity index (χ2v) is 5.29. The van der Waals surface area contributed by atoms with Crippen LogP contribution in [0.2, 0.25) is 0 Å². The minimum atomic E-state index is -0.229. The standard InChI is InChI=1S/C14H20ClNO3/c1-14(2,8-15)9-16-13(17)12-10(18-3)6-5-7-11(12)19-4/h5-7H,8-9H2,1-4H3,(H,16,17). The van der Waals surface area contributed by atoms with Crippen molar-refractivity contribution in [2.24, 2.45) is 5.41 Å². The van der Waals surface area contributed by atoms with Crippen molar-refractivity contribution in [3.63, 3.8) is 0 Å². The predicted molar refractivity (Wildman–Crippen MR) is 76.4 cm³/mol. The van der Waals surface area contributed by atoms with Gasteiger partial charge in [0.1, 0.15) is 17.1 Å². The van der Waals surface area contributed by atoms with E-state index in [4.69, 9.17) is 21.1 Å². The minimum absolute atomic E-state index is 0.160. The molecule has 19 heavy (non-hydrogen) atoms. The molecule has 0 saturated heterocycles. The molecule has 1 rings (SSSR count). The molecule has 0 aromatic heterocycles. The Morgan fingerprint density at radius 3 is 2.21 bits per heavy atom. The molecule has 0 fully saturated rings. The number of benzene rings is 1. The summed E-state index contributed by atoms with van der Waals surface area (Å²) < 4.78 is 10.4. The quantitative estimate of drug-likeness (QED) is 0.818. The molecule has 1 aromatic carbocycles. The number of hydrogen-bond acceptors (Lipinski definition) is 3. The average molecular weight is 286 g/mol. The van der Waals surface area contributed by atoms with Crippen LogP contribution >= 0.6 is 11.6 Å². The van der Waals surface area contributed by atoms with Crippen molar-refractivity contribution in [3.05, 3.63) is 23.8 Å². The lowest BCUT2D eigenvalue weighted by Gasteiger charge is -2.22. The Hall–Kier alpha value is -1.42. The van der Waals surface area contributed by atoms with Gasteiger partial charge in [0.15, 0.2) is 0 Å². The first kappa shape index (κ1) is 15.6. The highest BCUT2D eigenvalue weighted by molar-refractivity contribution is 6.18. The fourth-order valence-electron chi connectivity index (χ4n) is 1.53. The summed E-state index contributed by atoms with van der Waals surface area (Å²) in [6.45, 7) is 4.45. The molecule has 0 aliphatic carbocycles. The van der Waals surface area contributed by atoms with Gasteiger partial charge in [-0.15, -0.1) is 11.6 Å². The van der Waals surface area contributed by atoms with E-state index < -0.39 is 0 Å². The number of alkyl halides is 1. The number of amides is 1. The molecular formula is C14H20ClNO3. The van der Waals surface area contributed by atoms with Gasteiger partial charge >= 0.3 is 0 Å². The van der Waals surface area contributed by atoms with E-state index in [-0.39, 0.29) is 11.3 Å². The molecule has 5 heteroatoms. The SMILES string of the molecule is COc1cccc(OC)c1C(=O)NCC(C)(C)CCl. The van der Waals surface area contributed by atoms with Crippen molar-refractivity contribution < 1.29 is 14.3 Å². The van der Waals surface area contributed by atoms with Crippen molar-refractivity contribution >= 4 is 17.5 Å². The van der Waals surface area contributed by atoms with Crippen molar-refractivity contribution in [2.75, 3.05) is 26.6 Å². The highest BCUT2D eigenvalue weighted by Gasteiger charge is 2.22. The van der Waals surface area contributed by atoms with Crippen LogP contribution in [-0.4, -0.2) is 32.6 Å². The molecule has 1 N–H and O–H groups in total. The van der Waals surface area contributed by atoms with Gasteiger partial charge in [-0.1, -0.05) is 19.9 Å². The second kappa shape index (κ2) is 6.66. The molecule has 0 heterocycles. The molecule has 0 spiro atoms. The zero-order chi connectivity index (χ0) is 14.5. The molecule has 106 valence electrons. The van der Waals surface area contributed by atoms with E-state index in [1.807, 2.05) is 13.8 Å². The predicted octanol–water partition coefficient (Wildman–Crippen LogP) is 2.70. The second-order valence-electron chi connectivity index (χ2n) is 5.02. The van der Waals surface area contributed by atoms with E-state index in [9.17, 15) is 4.79 Å². The van der Waals surface area contributed by atoms with Crippen molar-refractivity contribution in [1.29, 1.82) is 0 Å². The summed E-state index contributed by atoms with van der Waals surface area (Å²) in [4.78, 5) is 12.3. The first-order valence-electron chi connectivity index (χ1n) is 6.00. The number of rotatable bonds is 6. The van der Waals surface area contributed by atoms with Crippen LogP contribution in [0.4, 0.5) is 0 Å². The summed E-state index contributed by atoms with van der Waals surface area (Å²) in [7, 11) is 3.04. The normalized spacial score (nSPS) is 11.0. The van der Waals surface area contributed by atoms with Crippen LogP contribution < -0.4 is 14.8 Å². The maximum Gasteiger partial charge on any atom is 0.258 e. The van der Waals surface area contributed by atoms with Crippen LogP contribution in [0, 0.1) is 5.41 Å². The lowest BCUT2D eigenvalue weighted by Crippen LogP contribution is -2.35. The zero-order valence-corrected chi connectivity index (χ0v) is 12.5. The molecule has 0 radical (unpaired) electrons. The number of carbonyl (C=O) groups excluding carboxylic acids is 1. The Balaban J connectivity index is 2.93. The fourth-order valence-corrected chi connectivity index (χ4v) is 1.62. The largest absolute Gasteiger partial charge is 0.496 e. The number of ether oxygens (including phenoxy) is 2. The van der Waals surface area contributed by atoms with Gasteiger partial charge in [0.25, 0.3) is 5.91 Å². The maximum absolute atomic E-state index is 12.3. The highest BCUT2D eigenvalue weighted by atomic mass is 35.5. The Morgan fingerprint density at radius 2 is 1.79 bits per heavy atom. The number of hydrogen-bond donors (Lipinski definition) is 1. The molecule has 0 aliphatic heterocycles. The molecule has 0 atom stereocenters. The average Bonchev–Trinajstić information content (AvgIpc) is 2.43. The third kappa shape index (κ3) is 4.03. The van der Waals surface area contributed by atoms with Crippen LogP contribution in [0.25, 0.3) is 0 Å². The summed E-state index contributed by atoms with van der Waals surface area (Å²) in [5, 5.41) is 2.86. The zero-order valence-electron chi connectivity index (χ0n) is 11.7. The van der Waals surface area contributed by atoms with Gasteiger partial charge in [-0.25, -0.2) is 0 Å². The summed E-state index contributed by atoms with van der Waals surface area (Å²) in [6, 6.07) is 5.23. The summed E-state index contributed by atoms with van der Waals surface area (Å²) in [6.07, 6.45) is 0. The van der Waals surface area contributed by atoms with Crippen molar-refractivity contribution in [2.45, 2.75) is 13.8 Å². The Kier molecular flexibility index (Phi) is 5.48. The molecule has 1 amide bonds. The third-order valence-electron chi connectivity index (χ3n) is 2.74. The van der Waals surface area contributed by atoms with Gasteiger partial charge in [-0.05, 0) is 17.5 Å². The molecule has 0 bridgehead atoms. The molecule has 1 aromatic rings. The molecule has 0 unspecified atom stereocenters. The molecule has 0 saturated carbocycles. The highest BCUT2D eigenvalue weighted by Crippen LogP contribution is 2.28. The van der Waals surface area contributed by atoms with Gasteiger partial charge in [-0.3, -0.25) is 4.79 Å². The van der Waals surface area contributed by atoms with Gasteiger partial charge in [-0.2, -0.15) is 0 Å². The van der Waals surface area contributed by atoms with Gasteiger partial charge in [0.2, 0.25) is 0 Å². The van der Waals surface area contributed by atoms with Crippen molar-refractivity contribution in [1.82, 2.24) is 5.32 Å². The van der Waals surface area contributed by atoms with Crippen LogP contribution in [-0.2, 0) is 0 Å². The summed E-state index contributed by atoms with van der Waals surface area (Å²) in [5.41, 5.74) is 0.241. The lowest BCUT2D eigenvalue weighted by molar-refractivity contribution is 0.0933. The van der Waals surface area contributed by atoms with Crippen LogP contribution in [0.5, 0.6) is 11.5 Å². The van der Waals surface area contributed by atoms with Crippen LogP contribution in [0.3, 0.4) is 0 Å². The van der Waals surface area contributed by atoms with E-state index in [2.05, 4.69) is 5.32 Å². The Bertz CT molecular complexity index is 424. The van der Waals surface area contributed by atoms with E-state index >= 15 is 0 Å². The molecular weight excluding hydrogens is 266 g/mol. The van der Waals surface area contributed by atoms with Crippen molar-refractivity contribution in [3.8, 4) is 11.5 Å². The first-order chi connectivity index (χ1) is 8.95. The van der Waals surface area contributed by atoms with Gasteiger partial charge in [0, 0.05) is 12.4 Å². The fraction of sp³-hybridized carbons (Fsp3) is 0.500. The topological polar surface area (TPSA) is 47.6 Å². The van der Waals surface area contributed by atoms with Gasteiger partial charge < -0.3 is 14.8 Å². The monoisotopic (exact) mass is 285 g/mol.